The molecule has 0 amide bonds. The van der Waals surface area contributed by atoms with Gasteiger partial charge in [-0.2, -0.15) is 0 Å². The van der Waals surface area contributed by atoms with Gasteiger partial charge in [0.15, 0.2) is 5.17 Å². The Balaban J connectivity index is 1.39. The number of esters is 2. The van der Waals surface area contributed by atoms with E-state index in [0.717, 1.165) is 39.7 Å². The van der Waals surface area contributed by atoms with Crippen molar-refractivity contribution < 1.29 is 32.7 Å². The van der Waals surface area contributed by atoms with Gasteiger partial charge in [-0.25, -0.2) is 0 Å². The van der Waals surface area contributed by atoms with E-state index < -0.39 is 44.0 Å². The number of carbonyl (C=O) groups is 2. The number of nitrogens with zero attached hydrogens (tertiary/aromatic N) is 1. The van der Waals surface area contributed by atoms with Crippen LogP contribution < -0.4 is 5.32 Å². The van der Waals surface area contributed by atoms with Crippen LogP contribution in [0.3, 0.4) is 0 Å². The molecule has 0 spiro atoms. The van der Waals surface area contributed by atoms with Gasteiger partial charge in [0, 0.05) is 17.2 Å². The number of hydrogen-bond acceptors (Lipinski definition) is 10. The predicted octanol–water partition coefficient (Wildman–Crippen LogP) is 7.93. The summed E-state index contributed by atoms with van der Waals surface area (Å²) in [6.07, 6.45) is 2.49. The molecule has 0 saturated carbocycles. The molecule has 1 N–H and O–H groups in total. The Morgan fingerprint density at radius 1 is 0.886 bits per heavy atom. The molecular formula is C32H38ClN2O7PS. The van der Waals surface area contributed by atoms with Gasteiger partial charge in [-0.05, 0) is 69.9 Å². The molecule has 1 heterocycles. The van der Waals surface area contributed by atoms with Crippen LogP contribution in [0.4, 0.5) is 0 Å². The highest BCUT2D eigenvalue weighted by Gasteiger charge is 2.33. The van der Waals surface area contributed by atoms with E-state index in [1.165, 1.54) is 0 Å². The van der Waals surface area contributed by atoms with Gasteiger partial charge in [-0.15, -0.1) is 0 Å². The van der Waals surface area contributed by atoms with Crippen molar-refractivity contribution in [3.8, 4) is 11.1 Å². The molecule has 1 aliphatic carbocycles. The first-order valence-corrected chi connectivity index (χ1v) is 17.2. The molecule has 2 aromatic carbocycles. The second-order valence-electron chi connectivity index (χ2n) is 12.4. The minimum absolute atomic E-state index is 0.173. The normalized spacial score (nSPS) is 16.9. The summed E-state index contributed by atoms with van der Waals surface area (Å²) in [5, 5.41) is 4.50. The van der Waals surface area contributed by atoms with Crippen LogP contribution >= 0.6 is 31.0 Å². The SMILES string of the molecule is CC(C)(C)C(=O)OCOP(=O)(CSC1=NC2CC(Cl)=C(c3ccc(-c4ccccc4)cc3)C=C2N1)OCOC(=O)C(C)(C)C. The molecule has 236 valence electrons. The zero-order chi connectivity index (χ0) is 32.1. The highest BCUT2D eigenvalue weighted by Crippen LogP contribution is 2.51. The van der Waals surface area contributed by atoms with E-state index in [2.05, 4.69) is 29.6 Å². The third-order valence-corrected chi connectivity index (χ3v) is 10.2. The number of fused-ring (bicyclic) bond motifs is 1. The van der Waals surface area contributed by atoms with Gasteiger partial charge in [0.25, 0.3) is 0 Å². The fraction of sp³-hybridized carbons (Fsp3) is 0.406. The maximum atomic E-state index is 13.6. The number of ether oxygens (including phenoxy) is 2. The molecule has 0 radical (unpaired) electrons. The summed E-state index contributed by atoms with van der Waals surface area (Å²) in [6, 6.07) is 18.2. The zero-order valence-electron chi connectivity index (χ0n) is 25.7. The van der Waals surface area contributed by atoms with Crippen molar-refractivity contribution in [2.75, 3.05) is 19.1 Å². The van der Waals surface area contributed by atoms with Crippen LogP contribution in [-0.4, -0.2) is 42.2 Å². The second-order valence-corrected chi connectivity index (χ2v) is 16.3. The first-order valence-electron chi connectivity index (χ1n) is 14.1. The Hall–Kier alpha value is -2.88. The van der Waals surface area contributed by atoms with E-state index in [9.17, 15) is 14.2 Å². The zero-order valence-corrected chi connectivity index (χ0v) is 28.2. The lowest BCUT2D eigenvalue weighted by atomic mass is 9.94. The quantitative estimate of drug-likeness (QED) is 0.154. The highest BCUT2D eigenvalue weighted by molar-refractivity contribution is 8.17. The Bertz CT molecular complexity index is 1470. The largest absolute Gasteiger partial charge is 0.438 e. The highest BCUT2D eigenvalue weighted by atomic mass is 35.5. The first-order chi connectivity index (χ1) is 20.6. The number of benzene rings is 2. The Labute approximate surface area is 268 Å². The minimum atomic E-state index is -3.90. The van der Waals surface area contributed by atoms with Crippen molar-refractivity contribution in [1.29, 1.82) is 0 Å². The Kier molecular flexibility index (Phi) is 10.9. The molecule has 0 bridgehead atoms. The monoisotopic (exact) mass is 660 g/mol. The molecule has 1 atom stereocenters. The van der Waals surface area contributed by atoms with Gasteiger partial charge in [-0.3, -0.25) is 28.2 Å². The maximum Gasteiger partial charge on any atom is 0.346 e. The predicted molar refractivity (Wildman–Crippen MR) is 175 cm³/mol. The molecule has 1 unspecified atom stereocenters. The van der Waals surface area contributed by atoms with Gasteiger partial charge in [0.2, 0.25) is 13.6 Å². The van der Waals surface area contributed by atoms with Gasteiger partial charge in [-0.1, -0.05) is 78.0 Å². The molecule has 0 aromatic heterocycles. The molecule has 2 aromatic rings. The third kappa shape index (κ3) is 9.08. The minimum Gasteiger partial charge on any atom is -0.438 e. The van der Waals surface area contributed by atoms with Crippen molar-refractivity contribution in [1.82, 2.24) is 5.32 Å². The summed E-state index contributed by atoms with van der Waals surface area (Å²) >= 11 is 7.86. The molecule has 12 heteroatoms. The standard InChI is InChI=1S/C32H38ClN2O7PS/c1-31(2,3)28(36)39-18-41-43(38,42-19-40-29(37)32(4,5)6)20-44-30-34-26-16-24(25(33)17-27(26)35-30)23-14-12-22(13-15-23)21-10-8-7-9-11-21/h7-16,27H,17-20H2,1-6H3,(H,34,35). The Morgan fingerprint density at radius 2 is 1.41 bits per heavy atom. The van der Waals surface area contributed by atoms with Crippen LogP contribution in [0.1, 0.15) is 53.5 Å². The van der Waals surface area contributed by atoms with E-state index in [-0.39, 0.29) is 11.5 Å². The van der Waals surface area contributed by atoms with E-state index in [1.54, 1.807) is 41.5 Å². The van der Waals surface area contributed by atoms with Gasteiger partial charge < -0.3 is 14.8 Å². The van der Waals surface area contributed by atoms with E-state index in [1.807, 2.05) is 36.4 Å². The van der Waals surface area contributed by atoms with Crippen molar-refractivity contribution in [3.63, 3.8) is 0 Å². The maximum absolute atomic E-state index is 13.6. The third-order valence-electron chi connectivity index (χ3n) is 6.61. The fourth-order valence-corrected chi connectivity index (χ4v) is 6.96. The molecule has 1 aliphatic heterocycles. The molecule has 2 aliphatic rings. The molecular weight excluding hydrogens is 623 g/mol. The number of nitrogens with one attached hydrogen (secondary N) is 1. The molecule has 0 fully saturated rings. The Morgan fingerprint density at radius 3 is 1.95 bits per heavy atom. The fourth-order valence-electron chi connectivity index (χ4n) is 4.04. The first kappa shape index (κ1) is 34.0. The topological polar surface area (TPSA) is 113 Å². The van der Waals surface area contributed by atoms with Crippen molar-refractivity contribution >= 4 is 53.6 Å². The average molecular weight is 661 g/mol. The molecule has 44 heavy (non-hydrogen) atoms. The summed E-state index contributed by atoms with van der Waals surface area (Å²) in [7, 11) is -3.90. The number of hydrogen-bond donors (Lipinski definition) is 1. The van der Waals surface area contributed by atoms with Crippen molar-refractivity contribution in [2.24, 2.45) is 15.8 Å². The van der Waals surface area contributed by atoms with Crippen molar-refractivity contribution in [2.45, 2.75) is 54.0 Å². The summed E-state index contributed by atoms with van der Waals surface area (Å²) in [6.45, 7) is 8.99. The van der Waals surface area contributed by atoms with Gasteiger partial charge >= 0.3 is 19.5 Å². The van der Waals surface area contributed by atoms with E-state index in [0.29, 0.717) is 16.6 Å². The van der Waals surface area contributed by atoms with Crippen LogP contribution in [0, 0.1) is 10.8 Å². The molecule has 9 nitrogen and oxygen atoms in total. The van der Waals surface area contributed by atoms with Crippen LogP contribution in [0.2, 0.25) is 0 Å². The number of carbonyl (C=O) groups excluding carboxylic acids is 2. The second kappa shape index (κ2) is 14.0. The van der Waals surface area contributed by atoms with Crippen molar-refractivity contribution in [3.05, 3.63) is 77.0 Å². The number of halogens is 1. The number of amidine groups is 1. The lowest BCUT2D eigenvalue weighted by molar-refractivity contribution is -0.161. The summed E-state index contributed by atoms with van der Waals surface area (Å²) < 4.78 is 34.7. The average Bonchev–Trinajstić information content (AvgIpc) is 3.37. The van der Waals surface area contributed by atoms with Gasteiger partial charge in [0.05, 0.1) is 16.9 Å². The van der Waals surface area contributed by atoms with E-state index >= 15 is 0 Å². The van der Waals surface area contributed by atoms with Gasteiger partial charge in [0.1, 0.15) is 5.49 Å². The number of aliphatic imine (C=N–C) groups is 1. The smallest absolute Gasteiger partial charge is 0.346 e. The summed E-state index contributed by atoms with van der Waals surface area (Å²) in [5.74, 6) is -1.05. The number of rotatable bonds is 10. The summed E-state index contributed by atoms with van der Waals surface area (Å²) in [5.41, 5.74) is 3.31. The molecule has 0 saturated heterocycles. The lowest BCUT2D eigenvalue weighted by Gasteiger charge is -2.21. The number of thioether (sulfide) groups is 1. The van der Waals surface area contributed by atoms with Crippen LogP contribution in [0.15, 0.2) is 76.4 Å². The molecule has 4 rings (SSSR count). The summed E-state index contributed by atoms with van der Waals surface area (Å²) in [4.78, 5) is 29.0. The van der Waals surface area contributed by atoms with E-state index in [4.69, 9.17) is 35.1 Å². The number of allylic oxidation sites excluding steroid dienone is 2. The van der Waals surface area contributed by atoms with Crippen LogP contribution in [-0.2, 0) is 32.7 Å². The lowest BCUT2D eigenvalue weighted by Crippen LogP contribution is -2.25. The van der Waals surface area contributed by atoms with Crippen LogP contribution in [0.5, 0.6) is 0 Å². The van der Waals surface area contributed by atoms with Crippen LogP contribution in [0.25, 0.3) is 16.7 Å².